The zero-order chi connectivity index (χ0) is 18.7. The number of tetrazole rings is 1. The van der Waals surface area contributed by atoms with Crippen molar-refractivity contribution in [2.45, 2.75) is 33.9 Å². The van der Waals surface area contributed by atoms with Crippen molar-refractivity contribution in [3.63, 3.8) is 0 Å². The molecule has 0 atom stereocenters. The van der Waals surface area contributed by atoms with Gasteiger partial charge in [0.1, 0.15) is 6.54 Å². The lowest BCUT2D eigenvalue weighted by molar-refractivity contribution is 0.0960. The number of hydrogen-bond donors (Lipinski definition) is 0. The molecule has 26 heavy (non-hydrogen) atoms. The summed E-state index contributed by atoms with van der Waals surface area (Å²) < 4.78 is 7.22. The normalized spacial score (nSPS) is 11.1. The number of nitrogens with zero attached hydrogens (tertiary/aromatic N) is 5. The Morgan fingerprint density at radius 2 is 1.88 bits per heavy atom. The Morgan fingerprint density at radius 1 is 1.15 bits per heavy atom. The molecule has 7 heteroatoms. The summed E-state index contributed by atoms with van der Waals surface area (Å²) in [6.07, 6.45) is 0. The van der Waals surface area contributed by atoms with E-state index in [9.17, 15) is 4.79 Å². The van der Waals surface area contributed by atoms with E-state index in [0.717, 1.165) is 23.5 Å². The van der Waals surface area contributed by atoms with Gasteiger partial charge in [-0.25, -0.2) is 0 Å². The fourth-order valence-corrected chi connectivity index (χ4v) is 2.95. The first-order valence-electron chi connectivity index (χ1n) is 8.53. The number of methoxy groups -OCH3 is 1. The summed E-state index contributed by atoms with van der Waals surface area (Å²) >= 11 is 0. The molecule has 7 nitrogen and oxygen atoms in total. The van der Waals surface area contributed by atoms with Crippen LogP contribution >= 0.6 is 0 Å². The summed E-state index contributed by atoms with van der Waals surface area (Å²) in [6.45, 7) is 7.35. The molecule has 3 rings (SSSR count). The molecular formula is C19H23N5O2. The highest BCUT2D eigenvalue weighted by atomic mass is 16.5. The Hall–Kier alpha value is -2.80. The van der Waals surface area contributed by atoms with Crippen molar-refractivity contribution < 1.29 is 9.53 Å². The Balaban J connectivity index is 1.75. The average Bonchev–Trinajstić information content (AvgIpc) is 3.19. The number of benzene rings is 1. The molecular weight excluding hydrogens is 330 g/mol. The van der Waals surface area contributed by atoms with Crippen LogP contribution in [0, 0.1) is 20.8 Å². The van der Waals surface area contributed by atoms with Gasteiger partial charge >= 0.3 is 0 Å². The van der Waals surface area contributed by atoms with Crippen molar-refractivity contribution in [1.29, 1.82) is 0 Å². The third-order valence-electron chi connectivity index (χ3n) is 4.44. The first kappa shape index (κ1) is 18.0. The van der Waals surface area contributed by atoms with Crippen LogP contribution < -0.4 is 0 Å². The van der Waals surface area contributed by atoms with Crippen molar-refractivity contribution >= 4 is 5.78 Å². The molecule has 0 bridgehead atoms. The van der Waals surface area contributed by atoms with Gasteiger partial charge in [0.2, 0.25) is 5.82 Å². The highest BCUT2D eigenvalue weighted by molar-refractivity contribution is 5.97. The lowest BCUT2D eigenvalue weighted by Crippen LogP contribution is -2.14. The summed E-state index contributed by atoms with van der Waals surface area (Å²) in [7, 11) is 1.67. The molecule has 0 spiro atoms. The molecule has 136 valence electrons. The Bertz CT molecular complexity index is 909. The summed E-state index contributed by atoms with van der Waals surface area (Å²) in [5.74, 6) is 0.484. The second-order valence-electron chi connectivity index (χ2n) is 6.36. The van der Waals surface area contributed by atoms with E-state index in [1.807, 2.05) is 51.1 Å². The van der Waals surface area contributed by atoms with Crippen LogP contribution in [-0.4, -0.2) is 44.3 Å². The van der Waals surface area contributed by atoms with Gasteiger partial charge in [0.05, 0.1) is 6.61 Å². The molecule has 0 aliphatic heterocycles. The van der Waals surface area contributed by atoms with Gasteiger partial charge in [0.15, 0.2) is 5.78 Å². The van der Waals surface area contributed by atoms with Gasteiger partial charge in [-0.05, 0) is 32.1 Å². The van der Waals surface area contributed by atoms with Crippen LogP contribution in [0.4, 0.5) is 0 Å². The first-order valence-corrected chi connectivity index (χ1v) is 8.53. The van der Waals surface area contributed by atoms with Gasteiger partial charge in [-0.1, -0.05) is 29.8 Å². The number of Topliss-reactive ketones (excluding diaryl/α,β-unsaturated/α-hetero) is 1. The van der Waals surface area contributed by atoms with Gasteiger partial charge < -0.3 is 9.30 Å². The Morgan fingerprint density at radius 3 is 2.58 bits per heavy atom. The minimum Gasteiger partial charge on any atom is -0.383 e. The topological polar surface area (TPSA) is 74.8 Å². The SMILES string of the molecule is COCCn1c(C)cc(C(=O)Cn2nnc(-c3ccc(C)cc3)n2)c1C. The quantitative estimate of drug-likeness (QED) is 0.610. The van der Waals surface area contributed by atoms with E-state index in [4.69, 9.17) is 4.74 Å². The molecule has 0 saturated carbocycles. The molecule has 3 aromatic rings. The number of rotatable bonds is 7. The van der Waals surface area contributed by atoms with E-state index in [1.165, 1.54) is 10.4 Å². The zero-order valence-electron chi connectivity index (χ0n) is 15.6. The van der Waals surface area contributed by atoms with Crippen LogP contribution in [0.1, 0.15) is 27.3 Å². The number of carbonyl (C=O) groups is 1. The van der Waals surface area contributed by atoms with Gasteiger partial charge in [-0.2, -0.15) is 4.80 Å². The molecule has 0 N–H and O–H groups in total. The predicted molar refractivity (Wildman–Crippen MR) is 98.1 cm³/mol. The maximum absolute atomic E-state index is 12.7. The third kappa shape index (κ3) is 3.72. The molecule has 2 aromatic heterocycles. The fourth-order valence-electron chi connectivity index (χ4n) is 2.95. The van der Waals surface area contributed by atoms with Crippen LogP contribution in [0.15, 0.2) is 30.3 Å². The van der Waals surface area contributed by atoms with Gasteiger partial charge in [0, 0.05) is 36.2 Å². The average molecular weight is 353 g/mol. The number of aromatic nitrogens is 5. The zero-order valence-corrected chi connectivity index (χ0v) is 15.6. The molecule has 0 amide bonds. The van der Waals surface area contributed by atoms with E-state index in [-0.39, 0.29) is 12.3 Å². The van der Waals surface area contributed by atoms with E-state index in [0.29, 0.717) is 18.0 Å². The standard InChI is InChI=1S/C19H23N5O2/c1-13-5-7-16(8-6-13)19-20-22-24(21-19)12-18(25)17-11-14(2)23(15(17)3)9-10-26-4/h5-8,11H,9-10,12H2,1-4H3. The van der Waals surface area contributed by atoms with Crippen LogP contribution in [0.5, 0.6) is 0 Å². The summed E-state index contributed by atoms with van der Waals surface area (Å²) in [5.41, 5.74) is 4.71. The number of aryl methyl sites for hydroxylation is 2. The Kier molecular flexibility index (Phi) is 5.27. The van der Waals surface area contributed by atoms with E-state index in [2.05, 4.69) is 20.0 Å². The summed E-state index contributed by atoms with van der Waals surface area (Å²) in [4.78, 5) is 14.0. The number of ketones is 1. The second kappa shape index (κ2) is 7.61. The van der Waals surface area contributed by atoms with Crippen molar-refractivity contribution in [3.8, 4) is 11.4 Å². The van der Waals surface area contributed by atoms with Crippen molar-refractivity contribution in [2.75, 3.05) is 13.7 Å². The van der Waals surface area contributed by atoms with E-state index in [1.54, 1.807) is 7.11 Å². The Labute approximate surface area is 152 Å². The van der Waals surface area contributed by atoms with Crippen LogP contribution in [0.3, 0.4) is 0 Å². The van der Waals surface area contributed by atoms with E-state index < -0.39 is 0 Å². The number of hydrogen-bond acceptors (Lipinski definition) is 5. The molecule has 0 saturated heterocycles. The van der Waals surface area contributed by atoms with Crippen molar-refractivity contribution in [1.82, 2.24) is 24.8 Å². The maximum Gasteiger partial charge on any atom is 0.204 e. The largest absolute Gasteiger partial charge is 0.383 e. The van der Waals surface area contributed by atoms with E-state index >= 15 is 0 Å². The summed E-state index contributed by atoms with van der Waals surface area (Å²) in [5, 5.41) is 12.4. The smallest absolute Gasteiger partial charge is 0.204 e. The van der Waals surface area contributed by atoms with Crippen LogP contribution in [-0.2, 0) is 17.8 Å². The highest BCUT2D eigenvalue weighted by Gasteiger charge is 2.17. The fraction of sp³-hybridized carbons (Fsp3) is 0.368. The van der Waals surface area contributed by atoms with Crippen molar-refractivity contribution in [3.05, 3.63) is 52.8 Å². The first-order chi connectivity index (χ1) is 12.5. The van der Waals surface area contributed by atoms with Gasteiger partial charge in [-0.15, -0.1) is 10.2 Å². The molecule has 2 heterocycles. The molecule has 0 radical (unpaired) electrons. The third-order valence-corrected chi connectivity index (χ3v) is 4.44. The second-order valence-corrected chi connectivity index (χ2v) is 6.36. The van der Waals surface area contributed by atoms with Gasteiger partial charge in [-0.3, -0.25) is 4.79 Å². The number of carbonyl (C=O) groups excluding carboxylic acids is 1. The minimum absolute atomic E-state index is 0.0328. The van der Waals surface area contributed by atoms with Crippen LogP contribution in [0.25, 0.3) is 11.4 Å². The monoisotopic (exact) mass is 353 g/mol. The number of ether oxygens (including phenoxy) is 1. The molecule has 0 fully saturated rings. The molecule has 0 unspecified atom stereocenters. The maximum atomic E-state index is 12.7. The summed E-state index contributed by atoms with van der Waals surface area (Å²) in [6, 6.07) is 9.79. The molecule has 0 aliphatic rings. The molecule has 0 aliphatic carbocycles. The predicted octanol–water partition coefficient (Wildman–Crippen LogP) is 2.60. The molecule has 1 aromatic carbocycles. The minimum atomic E-state index is -0.0328. The lowest BCUT2D eigenvalue weighted by Gasteiger charge is -2.08. The van der Waals surface area contributed by atoms with Crippen LogP contribution in [0.2, 0.25) is 0 Å². The van der Waals surface area contributed by atoms with Crippen molar-refractivity contribution in [2.24, 2.45) is 0 Å². The van der Waals surface area contributed by atoms with Gasteiger partial charge in [0.25, 0.3) is 0 Å². The highest BCUT2D eigenvalue weighted by Crippen LogP contribution is 2.17. The lowest BCUT2D eigenvalue weighted by atomic mass is 10.1.